The van der Waals surface area contributed by atoms with E-state index in [0.717, 1.165) is 22.6 Å². The van der Waals surface area contributed by atoms with Crippen LogP contribution in [0.1, 0.15) is 28.4 Å². The average molecular weight is 305 g/mol. The highest BCUT2D eigenvalue weighted by Crippen LogP contribution is 2.36. The Morgan fingerprint density at radius 3 is 2.76 bits per heavy atom. The van der Waals surface area contributed by atoms with Crippen molar-refractivity contribution in [1.29, 1.82) is 0 Å². The maximum absolute atomic E-state index is 13.4. The van der Waals surface area contributed by atoms with Crippen molar-refractivity contribution in [2.45, 2.75) is 17.4 Å². The summed E-state index contributed by atoms with van der Waals surface area (Å²) in [7, 11) is 0. The van der Waals surface area contributed by atoms with Crippen molar-refractivity contribution in [2.24, 2.45) is 0 Å². The fourth-order valence-electron chi connectivity index (χ4n) is 2.39. The second-order valence-corrected chi connectivity index (χ2v) is 5.99. The summed E-state index contributed by atoms with van der Waals surface area (Å²) >= 11 is 1.65. The lowest BCUT2D eigenvalue weighted by atomic mass is 10.0. The fourth-order valence-corrected chi connectivity index (χ4v) is 3.49. The van der Waals surface area contributed by atoms with Crippen molar-refractivity contribution in [3.63, 3.8) is 0 Å². The van der Waals surface area contributed by atoms with Gasteiger partial charge in [-0.3, -0.25) is 4.79 Å². The Morgan fingerprint density at radius 2 is 1.95 bits per heavy atom. The molecule has 2 aromatic rings. The van der Waals surface area contributed by atoms with Crippen molar-refractivity contribution in [3.05, 3.63) is 65.2 Å². The van der Waals surface area contributed by atoms with Gasteiger partial charge in [0.05, 0.1) is 6.04 Å². The Kier molecular flexibility index (Phi) is 3.92. The Labute approximate surface area is 125 Å². The van der Waals surface area contributed by atoms with E-state index in [0.29, 0.717) is 0 Å². The van der Waals surface area contributed by atoms with Gasteiger partial charge in [0.25, 0.3) is 5.91 Å². The quantitative estimate of drug-likeness (QED) is 0.911. The second-order valence-electron chi connectivity index (χ2n) is 4.86. The van der Waals surface area contributed by atoms with Crippen LogP contribution in [0.5, 0.6) is 0 Å². The van der Waals surface area contributed by atoms with E-state index in [4.69, 9.17) is 0 Å². The highest BCUT2D eigenvalue weighted by Gasteiger charge is 2.23. The highest BCUT2D eigenvalue weighted by atomic mass is 32.2. The smallest absolute Gasteiger partial charge is 0.251 e. The maximum atomic E-state index is 13.4. The molecule has 0 radical (unpaired) electrons. The molecule has 2 aromatic carbocycles. The van der Waals surface area contributed by atoms with Gasteiger partial charge in [-0.1, -0.05) is 6.07 Å². The third kappa shape index (κ3) is 3.08. The normalized spacial score (nSPS) is 17.1. The maximum Gasteiger partial charge on any atom is 0.251 e. The van der Waals surface area contributed by atoms with Crippen LogP contribution in [0.15, 0.2) is 47.4 Å². The van der Waals surface area contributed by atoms with Gasteiger partial charge in [0, 0.05) is 16.2 Å². The van der Waals surface area contributed by atoms with Gasteiger partial charge >= 0.3 is 0 Å². The van der Waals surface area contributed by atoms with Crippen LogP contribution >= 0.6 is 11.8 Å². The third-order valence-electron chi connectivity index (χ3n) is 3.40. The number of carbonyl (C=O) groups excluding carboxylic acids is 1. The summed E-state index contributed by atoms with van der Waals surface area (Å²) in [5.41, 5.74) is 1.06. The summed E-state index contributed by atoms with van der Waals surface area (Å²) in [6.45, 7) is 0. The lowest BCUT2D eigenvalue weighted by Crippen LogP contribution is -2.30. The van der Waals surface area contributed by atoms with Gasteiger partial charge in [-0.05, 0) is 48.4 Å². The van der Waals surface area contributed by atoms with Crippen LogP contribution in [0.3, 0.4) is 0 Å². The molecule has 108 valence electrons. The first kappa shape index (κ1) is 14.1. The zero-order valence-electron chi connectivity index (χ0n) is 11.1. The van der Waals surface area contributed by atoms with Crippen LogP contribution in [0, 0.1) is 11.6 Å². The molecule has 1 amide bonds. The van der Waals surface area contributed by atoms with Crippen LogP contribution in [0.25, 0.3) is 0 Å². The summed E-state index contributed by atoms with van der Waals surface area (Å²) in [6.07, 6.45) is 0.724. The third-order valence-corrected chi connectivity index (χ3v) is 4.53. The van der Waals surface area contributed by atoms with E-state index in [1.165, 1.54) is 30.3 Å². The summed E-state index contributed by atoms with van der Waals surface area (Å²) < 4.78 is 26.6. The lowest BCUT2D eigenvalue weighted by Gasteiger charge is -2.26. The predicted molar refractivity (Wildman–Crippen MR) is 78.3 cm³/mol. The number of rotatable bonds is 2. The van der Waals surface area contributed by atoms with Crippen LogP contribution in [-0.2, 0) is 0 Å². The number of fused-ring (bicyclic) bond motifs is 1. The van der Waals surface area contributed by atoms with E-state index in [-0.39, 0.29) is 23.3 Å². The molecule has 1 N–H and O–H groups in total. The number of hydrogen-bond acceptors (Lipinski definition) is 2. The van der Waals surface area contributed by atoms with Gasteiger partial charge in [-0.25, -0.2) is 8.78 Å². The Morgan fingerprint density at radius 1 is 1.14 bits per heavy atom. The summed E-state index contributed by atoms with van der Waals surface area (Å²) in [5.74, 6) is -0.261. The molecule has 21 heavy (non-hydrogen) atoms. The number of thioether (sulfide) groups is 1. The lowest BCUT2D eigenvalue weighted by molar-refractivity contribution is 0.0934. The molecule has 0 saturated carbocycles. The molecule has 0 fully saturated rings. The monoisotopic (exact) mass is 305 g/mol. The standard InChI is InChI=1S/C16H13F2NOS/c17-11-3-1-2-10(8-11)16(20)19-14-6-7-21-15-5-4-12(18)9-13(14)15/h1-5,8-9,14H,6-7H2,(H,19,20). The zero-order chi connectivity index (χ0) is 14.8. The summed E-state index contributed by atoms with van der Waals surface area (Å²) in [5, 5.41) is 2.86. The molecule has 2 nitrogen and oxygen atoms in total. The second kappa shape index (κ2) is 5.85. The van der Waals surface area contributed by atoms with E-state index in [2.05, 4.69) is 5.32 Å². The van der Waals surface area contributed by atoms with E-state index < -0.39 is 5.82 Å². The SMILES string of the molecule is O=C(NC1CCSc2ccc(F)cc21)c1cccc(F)c1. The molecule has 1 unspecified atom stereocenters. The molecule has 1 heterocycles. The molecule has 1 aliphatic heterocycles. The van der Waals surface area contributed by atoms with Crippen LogP contribution in [-0.4, -0.2) is 11.7 Å². The number of amides is 1. The molecule has 0 aromatic heterocycles. The number of hydrogen-bond donors (Lipinski definition) is 1. The summed E-state index contributed by atoms with van der Waals surface area (Å²) in [4.78, 5) is 13.2. The summed E-state index contributed by atoms with van der Waals surface area (Å²) in [6, 6.07) is 9.90. The van der Waals surface area contributed by atoms with Crippen molar-refractivity contribution in [3.8, 4) is 0 Å². The number of carbonyl (C=O) groups is 1. The van der Waals surface area contributed by atoms with Crippen LogP contribution in [0.2, 0.25) is 0 Å². The molecular formula is C16H13F2NOS. The van der Waals surface area contributed by atoms with Gasteiger partial charge in [0.15, 0.2) is 0 Å². The Balaban J connectivity index is 1.83. The van der Waals surface area contributed by atoms with Crippen LogP contribution in [0.4, 0.5) is 8.78 Å². The molecule has 0 spiro atoms. The first-order chi connectivity index (χ1) is 10.1. The molecule has 1 aliphatic rings. The molecule has 5 heteroatoms. The average Bonchev–Trinajstić information content (AvgIpc) is 2.48. The minimum absolute atomic E-state index is 0.243. The van der Waals surface area contributed by atoms with E-state index in [9.17, 15) is 13.6 Å². The van der Waals surface area contributed by atoms with Crippen molar-refractivity contribution in [2.75, 3.05) is 5.75 Å². The minimum atomic E-state index is -0.451. The zero-order valence-corrected chi connectivity index (χ0v) is 11.9. The van der Waals surface area contributed by atoms with Gasteiger partial charge in [0.1, 0.15) is 11.6 Å². The van der Waals surface area contributed by atoms with Gasteiger partial charge < -0.3 is 5.32 Å². The van der Waals surface area contributed by atoms with Crippen molar-refractivity contribution >= 4 is 17.7 Å². The van der Waals surface area contributed by atoms with Crippen LogP contribution < -0.4 is 5.32 Å². The number of nitrogens with one attached hydrogen (secondary N) is 1. The number of benzene rings is 2. The van der Waals surface area contributed by atoms with E-state index in [1.807, 2.05) is 0 Å². The van der Waals surface area contributed by atoms with Gasteiger partial charge in [0.2, 0.25) is 0 Å². The van der Waals surface area contributed by atoms with E-state index >= 15 is 0 Å². The van der Waals surface area contributed by atoms with Gasteiger partial charge in [-0.2, -0.15) is 0 Å². The topological polar surface area (TPSA) is 29.1 Å². The Bertz CT molecular complexity index is 690. The van der Waals surface area contributed by atoms with Crippen molar-refractivity contribution < 1.29 is 13.6 Å². The van der Waals surface area contributed by atoms with E-state index in [1.54, 1.807) is 23.9 Å². The first-order valence-corrected chi connectivity index (χ1v) is 7.61. The first-order valence-electron chi connectivity index (χ1n) is 6.62. The largest absolute Gasteiger partial charge is 0.345 e. The Hall–Kier alpha value is -1.88. The van der Waals surface area contributed by atoms with Gasteiger partial charge in [-0.15, -0.1) is 11.8 Å². The molecular weight excluding hydrogens is 292 g/mol. The fraction of sp³-hybridized carbons (Fsp3) is 0.188. The predicted octanol–water partition coefficient (Wildman–Crippen LogP) is 3.93. The molecule has 1 atom stereocenters. The molecule has 0 bridgehead atoms. The van der Waals surface area contributed by atoms with Crippen molar-refractivity contribution in [1.82, 2.24) is 5.32 Å². The molecule has 0 saturated heterocycles. The highest BCUT2D eigenvalue weighted by molar-refractivity contribution is 7.99. The number of halogens is 2. The molecule has 3 rings (SSSR count). The minimum Gasteiger partial charge on any atom is -0.345 e. The molecule has 0 aliphatic carbocycles.